The maximum Gasteiger partial charge on any atom is 0.194 e. The molecule has 0 saturated heterocycles. The van der Waals surface area contributed by atoms with Gasteiger partial charge in [0.1, 0.15) is 0 Å². The Morgan fingerprint density at radius 3 is 2.74 bits per heavy atom. The largest absolute Gasteiger partial charge is 0.348 e. The van der Waals surface area contributed by atoms with Gasteiger partial charge in [0.05, 0.1) is 18.8 Å². The monoisotopic (exact) mass is 445 g/mol. The summed E-state index contributed by atoms with van der Waals surface area (Å²) in [4.78, 5) is 6.73. The normalized spacial score (nSPS) is 16.5. The number of guanidine groups is 1. The zero-order chi connectivity index (χ0) is 15.5. The topological polar surface area (TPSA) is 45.5 Å². The molecule has 2 aromatic rings. The van der Waals surface area contributed by atoms with Gasteiger partial charge < -0.3 is 10.2 Å². The van der Waals surface area contributed by atoms with Gasteiger partial charge >= 0.3 is 0 Å². The van der Waals surface area contributed by atoms with Crippen molar-refractivity contribution in [1.82, 2.24) is 20.0 Å². The third-order valence-corrected chi connectivity index (χ3v) is 4.04. The first-order valence-electron chi connectivity index (χ1n) is 7.44. The zero-order valence-corrected chi connectivity index (χ0v) is 16.3. The Hall–Kier alpha value is -1.28. The van der Waals surface area contributed by atoms with Crippen LogP contribution in [0.25, 0.3) is 0 Å². The molecule has 0 spiro atoms. The minimum Gasteiger partial charge on any atom is -0.348 e. The lowest BCUT2D eigenvalue weighted by atomic mass is 10.1. The van der Waals surface area contributed by atoms with Crippen LogP contribution in [-0.2, 0) is 13.1 Å². The molecule has 23 heavy (non-hydrogen) atoms. The molecule has 7 heteroatoms. The van der Waals surface area contributed by atoms with Gasteiger partial charge in [-0.15, -0.1) is 24.0 Å². The highest BCUT2D eigenvalue weighted by Gasteiger charge is 2.21. The summed E-state index contributed by atoms with van der Waals surface area (Å²) in [6, 6.07) is 8.14. The smallest absolute Gasteiger partial charge is 0.194 e. The van der Waals surface area contributed by atoms with E-state index < -0.39 is 0 Å². The molecule has 1 aromatic heterocycles. The Bertz CT molecular complexity index is 667. The van der Waals surface area contributed by atoms with Gasteiger partial charge in [-0.3, -0.25) is 9.67 Å². The summed E-state index contributed by atoms with van der Waals surface area (Å²) in [6.45, 7) is 4.51. The quantitative estimate of drug-likeness (QED) is 0.735. The van der Waals surface area contributed by atoms with Crippen molar-refractivity contribution in [2.75, 3.05) is 13.6 Å². The number of aliphatic imine (C=N–C) groups is 1. The van der Waals surface area contributed by atoms with Gasteiger partial charge in [-0.2, -0.15) is 5.10 Å². The number of nitrogens with zero attached hydrogens (tertiary/aromatic N) is 4. The average Bonchev–Trinajstić information content (AvgIpc) is 3.17. The molecular formula is C16H21ClIN5. The summed E-state index contributed by atoms with van der Waals surface area (Å²) in [7, 11) is 2.04. The predicted octanol–water partition coefficient (Wildman–Crippen LogP) is 3.31. The summed E-state index contributed by atoms with van der Waals surface area (Å²) in [5, 5.41) is 8.53. The molecular weight excluding hydrogens is 425 g/mol. The lowest BCUT2D eigenvalue weighted by Crippen LogP contribution is -2.36. The molecule has 0 fully saturated rings. The Labute approximate surface area is 158 Å². The van der Waals surface area contributed by atoms with Crippen LogP contribution in [0.1, 0.15) is 24.1 Å². The van der Waals surface area contributed by atoms with Gasteiger partial charge in [-0.05, 0) is 24.6 Å². The van der Waals surface area contributed by atoms with Crippen molar-refractivity contribution >= 4 is 41.5 Å². The first kappa shape index (κ1) is 18.1. The molecule has 1 aliphatic rings. The third kappa shape index (κ3) is 4.38. The minimum atomic E-state index is 0. The Morgan fingerprint density at radius 2 is 2.09 bits per heavy atom. The predicted molar refractivity (Wildman–Crippen MR) is 104 cm³/mol. The molecule has 5 nitrogen and oxygen atoms in total. The molecule has 0 radical (unpaired) electrons. The van der Waals surface area contributed by atoms with E-state index in [0.29, 0.717) is 0 Å². The summed E-state index contributed by atoms with van der Waals surface area (Å²) < 4.78 is 1.93. The van der Waals surface area contributed by atoms with Crippen molar-refractivity contribution in [3.63, 3.8) is 0 Å². The van der Waals surface area contributed by atoms with Crippen LogP contribution in [0.4, 0.5) is 0 Å². The molecule has 0 bridgehead atoms. The molecule has 1 N–H and O–H groups in total. The number of rotatable bonds is 4. The zero-order valence-electron chi connectivity index (χ0n) is 13.2. The maximum atomic E-state index is 5.94. The highest BCUT2D eigenvalue weighted by atomic mass is 127. The van der Waals surface area contributed by atoms with Gasteiger partial charge in [0, 0.05) is 36.9 Å². The van der Waals surface area contributed by atoms with E-state index in [4.69, 9.17) is 11.6 Å². The standard InChI is InChI=1S/C16H20ClN5.HI/c1-3-22-11-12(8-19-22)10-21(2)16-18-9-15(20-16)13-4-6-14(17)7-5-13;/h4-8,11,15H,3,9-10H2,1-2H3,(H,18,20);1H. The fourth-order valence-electron chi connectivity index (χ4n) is 2.55. The van der Waals surface area contributed by atoms with E-state index in [1.54, 1.807) is 0 Å². The molecule has 1 atom stereocenters. The fraction of sp³-hybridized carbons (Fsp3) is 0.375. The van der Waals surface area contributed by atoms with Crippen molar-refractivity contribution in [1.29, 1.82) is 0 Å². The van der Waals surface area contributed by atoms with Crippen LogP contribution < -0.4 is 5.32 Å². The van der Waals surface area contributed by atoms with E-state index in [1.807, 2.05) is 42.2 Å². The van der Waals surface area contributed by atoms with E-state index in [0.717, 1.165) is 30.6 Å². The summed E-state index contributed by atoms with van der Waals surface area (Å²) >= 11 is 5.94. The Kier molecular flexibility index (Phi) is 6.29. The molecule has 1 aliphatic heterocycles. The van der Waals surface area contributed by atoms with Crippen LogP contribution in [0, 0.1) is 0 Å². The molecule has 124 valence electrons. The number of nitrogens with one attached hydrogen (secondary N) is 1. The molecule has 1 unspecified atom stereocenters. The average molecular weight is 446 g/mol. The van der Waals surface area contributed by atoms with Crippen LogP contribution in [0.15, 0.2) is 41.7 Å². The first-order valence-corrected chi connectivity index (χ1v) is 7.82. The van der Waals surface area contributed by atoms with Gasteiger partial charge in [-0.25, -0.2) is 0 Å². The van der Waals surface area contributed by atoms with Crippen molar-refractivity contribution in [3.05, 3.63) is 52.8 Å². The number of hydrogen-bond acceptors (Lipinski definition) is 4. The van der Waals surface area contributed by atoms with Crippen molar-refractivity contribution in [3.8, 4) is 0 Å². The van der Waals surface area contributed by atoms with E-state index >= 15 is 0 Å². The second-order valence-electron chi connectivity index (χ2n) is 5.47. The molecule has 0 saturated carbocycles. The van der Waals surface area contributed by atoms with Gasteiger partial charge in [0.25, 0.3) is 0 Å². The highest BCUT2D eigenvalue weighted by molar-refractivity contribution is 14.0. The van der Waals surface area contributed by atoms with Crippen LogP contribution >= 0.6 is 35.6 Å². The lowest BCUT2D eigenvalue weighted by Gasteiger charge is -2.20. The van der Waals surface area contributed by atoms with E-state index in [9.17, 15) is 0 Å². The SMILES string of the molecule is CCn1cc(CN(C)C2=NCC(c3ccc(Cl)cc3)N2)cn1.I. The van der Waals surface area contributed by atoms with Crippen molar-refractivity contribution < 1.29 is 0 Å². The van der Waals surface area contributed by atoms with Gasteiger partial charge in [0.2, 0.25) is 0 Å². The second-order valence-corrected chi connectivity index (χ2v) is 5.91. The first-order chi connectivity index (χ1) is 10.7. The van der Waals surface area contributed by atoms with E-state index in [-0.39, 0.29) is 30.0 Å². The number of benzene rings is 1. The van der Waals surface area contributed by atoms with Crippen molar-refractivity contribution in [2.45, 2.75) is 26.1 Å². The molecule has 0 aliphatic carbocycles. The summed E-state index contributed by atoms with van der Waals surface area (Å²) in [6.07, 6.45) is 3.98. The number of halogens is 2. The van der Waals surface area contributed by atoms with E-state index in [2.05, 4.69) is 33.4 Å². The van der Waals surface area contributed by atoms with Crippen molar-refractivity contribution in [2.24, 2.45) is 4.99 Å². The number of hydrogen-bond donors (Lipinski definition) is 1. The van der Waals surface area contributed by atoms with E-state index in [1.165, 1.54) is 11.1 Å². The molecule has 0 amide bonds. The third-order valence-electron chi connectivity index (χ3n) is 3.79. The molecule has 3 rings (SSSR count). The summed E-state index contributed by atoms with van der Waals surface area (Å²) in [5.74, 6) is 0.921. The van der Waals surface area contributed by atoms with Crippen LogP contribution in [0.2, 0.25) is 5.02 Å². The Balaban J connectivity index is 0.00000192. The van der Waals surface area contributed by atoms with Crippen LogP contribution in [-0.4, -0.2) is 34.2 Å². The molecule has 2 heterocycles. The second kappa shape index (κ2) is 8.01. The maximum absolute atomic E-state index is 5.94. The van der Waals surface area contributed by atoms with Crippen LogP contribution in [0.3, 0.4) is 0 Å². The van der Waals surface area contributed by atoms with Gasteiger partial charge in [-0.1, -0.05) is 23.7 Å². The van der Waals surface area contributed by atoms with Gasteiger partial charge in [0.15, 0.2) is 5.96 Å². The summed E-state index contributed by atoms with van der Waals surface area (Å²) in [5.41, 5.74) is 2.39. The lowest BCUT2D eigenvalue weighted by molar-refractivity contribution is 0.479. The number of aryl methyl sites for hydroxylation is 1. The highest BCUT2D eigenvalue weighted by Crippen LogP contribution is 2.20. The fourth-order valence-corrected chi connectivity index (χ4v) is 2.68. The minimum absolute atomic E-state index is 0. The molecule has 1 aromatic carbocycles. The van der Waals surface area contributed by atoms with Crippen LogP contribution in [0.5, 0.6) is 0 Å². The number of aromatic nitrogens is 2. The Morgan fingerprint density at radius 1 is 1.35 bits per heavy atom.